The van der Waals surface area contributed by atoms with Crippen molar-refractivity contribution in [2.75, 3.05) is 6.61 Å². The maximum Gasteiger partial charge on any atom is 0.433 e. The molecule has 0 bridgehead atoms. The predicted octanol–water partition coefficient (Wildman–Crippen LogP) is 2.18. The third-order valence-electron chi connectivity index (χ3n) is 2.55. The first-order chi connectivity index (χ1) is 8.76. The highest BCUT2D eigenvalue weighted by atomic mass is 19.4. The number of hydrogen-bond donors (Lipinski definition) is 1. The molecule has 19 heavy (non-hydrogen) atoms. The van der Waals surface area contributed by atoms with Gasteiger partial charge in [0.15, 0.2) is 0 Å². The minimum Gasteiger partial charge on any atom is -0.359 e. The van der Waals surface area contributed by atoms with Crippen LogP contribution >= 0.6 is 0 Å². The van der Waals surface area contributed by atoms with Gasteiger partial charge < -0.3 is 4.74 Å². The van der Waals surface area contributed by atoms with Gasteiger partial charge in [0.25, 0.3) is 0 Å². The molecule has 1 N–H and O–H groups in total. The zero-order valence-electron chi connectivity index (χ0n) is 10.5. The molecule has 1 aromatic rings. The van der Waals surface area contributed by atoms with Crippen molar-refractivity contribution in [3.05, 3.63) is 29.6 Å². The van der Waals surface area contributed by atoms with E-state index in [-0.39, 0.29) is 11.7 Å². The van der Waals surface area contributed by atoms with Gasteiger partial charge >= 0.3 is 6.18 Å². The Hall–Kier alpha value is -1.58. The van der Waals surface area contributed by atoms with Crippen molar-refractivity contribution < 1.29 is 17.9 Å². The summed E-state index contributed by atoms with van der Waals surface area (Å²) in [7, 11) is 0. The van der Waals surface area contributed by atoms with E-state index in [0.29, 0.717) is 6.61 Å². The zero-order chi connectivity index (χ0) is 14.1. The SMILES string of the molecule is CC1(C)N[C@@H](C#Cc2cccc(C(F)(F)F)n2)CO1. The van der Waals surface area contributed by atoms with Crippen LogP contribution < -0.4 is 5.32 Å². The van der Waals surface area contributed by atoms with E-state index in [1.807, 2.05) is 13.8 Å². The van der Waals surface area contributed by atoms with E-state index in [1.54, 1.807) is 0 Å². The van der Waals surface area contributed by atoms with E-state index in [1.165, 1.54) is 12.1 Å². The van der Waals surface area contributed by atoms with Crippen molar-refractivity contribution in [3.63, 3.8) is 0 Å². The third kappa shape index (κ3) is 3.69. The summed E-state index contributed by atoms with van der Waals surface area (Å²) in [6.45, 7) is 4.12. The van der Waals surface area contributed by atoms with Gasteiger partial charge in [0, 0.05) is 0 Å². The normalized spacial score (nSPS) is 21.8. The molecule has 1 saturated heterocycles. The van der Waals surface area contributed by atoms with Crippen molar-refractivity contribution in [1.82, 2.24) is 10.3 Å². The van der Waals surface area contributed by atoms with Gasteiger partial charge in [0.1, 0.15) is 17.1 Å². The lowest BCUT2D eigenvalue weighted by molar-refractivity contribution is -0.141. The lowest BCUT2D eigenvalue weighted by atomic mass is 10.2. The van der Waals surface area contributed by atoms with Crippen LogP contribution in [0.5, 0.6) is 0 Å². The summed E-state index contributed by atoms with van der Waals surface area (Å²) >= 11 is 0. The summed E-state index contributed by atoms with van der Waals surface area (Å²) in [5.41, 5.74) is -1.29. The van der Waals surface area contributed by atoms with Crippen LogP contribution in [0.15, 0.2) is 18.2 Å². The van der Waals surface area contributed by atoms with Crippen LogP contribution in [0, 0.1) is 11.8 Å². The molecular formula is C13H13F3N2O. The molecule has 0 saturated carbocycles. The minimum atomic E-state index is -4.45. The molecule has 1 aromatic heterocycles. The summed E-state index contributed by atoms with van der Waals surface area (Å²) in [5.74, 6) is 5.45. The van der Waals surface area contributed by atoms with Crippen molar-refractivity contribution in [2.45, 2.75) is 31.8 Å². The lowest BCUT2D eigenvalue weighted by Crippen LogP contribution is -2.37. The number of hydrogen-bond acceptors (Lipinski definition) is 3. The second kappa shape index (κ2) is 4.83. The molecule has 1 atom stereocenters. The quantitative estimate of drug-likeness (QED) is 0.734. The van der Waals surface area contributed by atoms with Gasteiger partial charge in [0.05, 0.1) is 12.6 Å². The Labute approximate surface area is 109 Å². The van der Waals surface area contributed by atoms with E-state index in [2.05, 4.69) is 22.1 Å². The van der Waals surface area contributed by atoms with Gasteiger partial charge in [-0.15, -0.1) is 0 Å². The highest BCUT2D eigenvalue weighted by Crippen LogP contribution is 2.27. The number of ether oxygens (including phenoxy) is 1. The average molecular weight is 270 g/mol. The molecule has 0 unspecified atom stereocenters. The van der Waals surface area contributed by atoms with Crippen molar-refractivity contribution >= 4 is 0 Å². The van der Waals surface area contributed by atoms with E-state index >= 15 is 0 Å². The Morgan fingerprint density at radius 2 is 2.16 bits per heavy atom. The number of alkyl halides is 3. The third-order valence-corrected chi connectivity index (χ3v) is 2.55. The lowest BCUT2D eigenvalue weighted by Gasteiger charge is -2.16. The number of rotatable bonds is 0. The molecule has 0 radical (unpaired) electrons. The van der Waals surface area contributed by atoms with Crippen molar-refractivity contribution in [2.24, 2.45) is 0 Å². The van der Waals surface area contributed by atoms with E-state index < -0.39 is 17.6 Å². The molecule has 0 spiro atoms. The first-order valence-corrected chi connectivity index (χ1v) is 5.74. The average Bonchev–Trinajstić information content (AvgIpc) is 2.66. The van der Waals surface area contributed by atoms with E-state index in [0.717, 1.165) is 6.07 Å². The molecule has 3 nitrogen and oxygen atoms in total. The Balaban J connectivity index is 2.13. The van der Waals surface area contributed by atoms with Crippen molar-refractivity contribution in [1.29, 1.82) is 0 Å². The van der Waals surface area contributed by atoms with Crippen molar-refractivity contribution in [3.8, 4) is 11.8 Å². The summed E-state index contributed by atoms with van der Waals surface area (Å²) in [5, 5.41) is 3.10. The van der Waals surface area contributed by atoms with E-state index in [4.69, 9.17) is 4.74 Å². The zero-order valence-corrected chi connectivity index (χ0v) is 10.5. The molecule has 0 aromatic carbocycles. The van der Waals surface area contributed by atoms with Crippen LogP contribution in [0.1, 0.15) is 25.2 Å². The first kappa shape index (κ1) is 13.8. The molecule has 1 fully saturated rings. The summed E-state index contributed by atoms with van der Waals surface area (Å²) in [6.07, 6.45) is -4.45. The monoisotopic (exact) mass is 270 g/mol. The Morgan fingerprint density at radius 1 is 1.42 bits per heavy atom. The molecule has 0 amide bonds. The second-order valence-corrected chi connectivity index (χ2v) is 4.69. The maximum absolute atomic E-state index is 12.5. The number of nitrogens with zero attached hydrogens (tertiary/aromatic N) is 1. The Morgan fingerprint density at radius 3 is 2.74 bits per heavy atom. The molecular weight excluding hydrogens is 257 g/mol. The van der Waals surface area contributed by atoms with Crippen LogP contribution in [0.4, 0.5) is 13.2 Å². The molecule has 1 aliphatic rings. The Kier molecular flexibility index (Phi) is 3.52. The minimum absolute atomic E-state index is 0.0985. The Bertz CT molecular complexity index is 529. The highest BCUT2D eigenvalue weighted by molar-refractivity contribution is 5.31. The van der Waals surface area contributed by atoms with Crippen LogP contribution in [0.2, 0.25) is 0 Å². The number of nitrogens with one attached hydrogen (secondary N) is 1. The summed E-state index contributed by atoms with van der Waals surface area (Å²) < 4.78 is 42.8. The summed E-state index contributed by atoms with van der Waals surface area (Å²) in [4.78, 5) is 3.47. The largest absolute Gasteiger partial charge is 0.433 e. The number of pyridine rings is 1. The number of halogens is 3. The van der Waals surface area contributed by atoms with Crippen LogP contribution in [0.25, 0.3) is 0 Å². The fourth-order valence-electron chi connectivity index (χ4n) is 1.70. The van der Waals surface area contributed by atoms with Crippen LogP contribution in [-0.4, -0.2) is 23.4 Å². The summed E-state index contributed by atoms with van der Waals surface area (Å²) in [6, 6.07) is 3.46. The smallest absolute Gasteiger partial charge is 0.359 e. The second-order valence-electron chi connectivity index (χ2n) is 4.69. The molecule has 0 aliphatic carbocycles. The van der Waals surface area contributed by atoms with Gasteiger partial charge in [-0.2, -0.15) is 13.2 Å². The molecule has 1 aliphatic heterocycles. The van der Waals surface area contributed by atoms with Gasteiger partial charge in [-0.25, -0.2) is 4.98 Å². The van der Waals surface area contributed by atoms with Gasteiger partial charge in [0.2, 0.25) is 0 Å². The van der Waals surface area contributed by atoms with E-state index in [9.17, 15) is 13.2 Å². The van der Waals surface area contributed by atoms with Gasteiger partial charge in [-0.05, 0) is 31.9 Å². The van der Waals surface area contributed by atoms with Crippen LogP contribution in [0.3, 0.4) is 0 Å². The first-order valence-electron chi connectivity index (χ1n) is 5.74. The van der Waals surface area contributed by atoms with Gasteiger partial charge in [-0.1, -0.05) is 12.0 Å². The fraction of sp³-hybridized carbons (Fsp3) is 0.462. The van der Waals surface area contributed by atoms with Crippen LogP contribution in [-0.2, 0) is 10.9 Å². The predicted molar refractivity (Wildman–Crippen MR) is 63.1 cm³/mol. The standard InChI is InChI=1S/C13H13F3N2O/c1-12(2)18-10(8-19-12)7-6-9-4-3-5-11(17-9)13(14,15)16/h3-5,10,18H,8H2,1-2H3/t10-/m0/s1. The molecule has 2 rings (SSSR count). The number of aromatic nitrogens is 1. The maximum atomic E-state index is 12.5. The molecule has 6 heteroatoms. The molecule has 2 heterocycles. The fourth-order valence-corrected chi connectivity index (χ4v) is 1.70. The molecule has 102 valence electrons. The van der Waals surface area contributed by atoms with Gasteiger partial charge in [-0.3, -0.25) is 5.32 Å². The topological polar surface area (TPSA) is 34.2 Å². The highest BCUT2D eigenvalue weighted by Gasteiger charge is 2.32.